The van der Waals surface area contributed by atoms with Crippen molar-refractivity contribution >= 4 is 23.3 Å². The highest BCUT2D eigenvalue weighted by molar-refractivity contribution is 6.29. The van der Waals surface area contributed by atoms with Crippen LogP contribution in [0.3, 0.4) is 0 Å². The van der Waals surface area contributed by atoms with Crippen molar-refractivity contribution in [1.82, 2.24) is 10.3 Å². The molecule has 1 fully saturated rings. The number of anilines is 1. The largest absolute Gasteiger partial charge is 0.388 e. The molecule has 2 amide bonds. The molecule has 0 atom stereocenters. The molecule has 0 radical (unpaired) electrons. The molecule has 1 heterocycles. The third-order valence-corrected chi connectivity index (χ3v) is 3.80. The van der Waals surface area contributed by atoms with Crippen LogP contribution in [0.4, 0.5) is 10.5 Å². The summed E-state index contributed by atoms with van der Waals surface area (Å²) in [7, 11) is 0. The molecule has 0 saturated heterocycles. The molecule has 5 nitrogen and oxygen atoms in total. The van der Waals surface area contributed by atoms with Gasteiger partial charge in [0.05, 0.1) is 5.60 Å². The molecule has 0 spiro atoms. The molecule has 3 N–H and O–H groups in total. The Hall–Kier alpha value is -1.33. The van der Waals surface area contributed by atoms with Crippen LogP contribution < -0.4 is 10.6 Å². The summed E-state index contributed by atoms with van der Waals surface area (Å²) in [5.74, 6) is 0. The van der Waals surface area contributed by atoms with Crippen molar-refractivity contribution in [2.75, 3.05) is 11.9 Å². The molecule has 1 aliphatic rings. The maximum atomic E-state index is 11.8. The van der Waals surface area contributed by atoms with Gasteiger partial charge in [0.2, 0.25) is 0 Å². The first kappa shape index (κ1) is 15.1. The van der Waals surface area contributed by atoms with Crippen molar-refractivity contribution in [3.8, 4) is 0 Å². The second-order valence-corrected chi connectivity index (χ2v) is 5.70. The van der Waals surface area contributed by atoms with Crippen molar-refractivity contribution in [3.05, 3.63) is 23.5 Å². The molecule has 2 rings (SSSR count). The average molecular weight is 298 g/mol. The normalized spacial score (nSPS) is 18.1. The molecule has 110 valence electrons. The van der Waals surface area contributed by atoms with Gasteiger partial charge in [-0.2, -0.15) is 0 Å². The zero-order chi connectivity index (χ0) is 14.4. The summed E-state index contributed by atoms with van der Waals surface area (Å²) in [6.45, 7) is 0.275. The number of pyridine rings is 1. The van der Waals surface area contributed by atoms with Gasteiger partial charge in [0.25, 0.3) is 0 Å². The minimum atomic E-state index is -0.774. The Bertz CT molecular complexity index is 459. The zero-order valence-corrected chi connectivity index (χ0v) is 12.1. The third kappa shape index (κ3) is 4.65. The SMILES string of the molecule is O=C(NCC1(O)CCCCCC1)Nc1ccnc(Cl)c1. The molecule has 1 aromatic heterocycles. The number of aliphatic hydroxyl groups is 1. The van der Waals surface area contributed by atoms with Gasteiger partial charge < -0.3 is 15.7 Å². The Morgan fingerprint density at radius 3 is 2.70 bits per heavy atom. The third-order valence-electron chi connectivity index (χ3n) is 3.60. The van der Waals surface area contributed by atoms with Gasteiger partial charge in [0.15, 0.2) is 0 Å². The Labute approximate surface area is 123 Å². The summed E-state index contributed by atoms with van der Waals surface area (Å²) in [5, 5.41) is 16.2. The van der Waals surface area contributed by atoms with E-state index >= 15 is 0 Å². The first-order chi connectivity index (χ1) is 9.57. The molecule has 0 aromatic carbocycles. The maximum absolute atomic E-state index is 11.8. The minimum absolute atomic E-state index is 0.275. The highest BCUT2D eigenvalue weighted by Gasteiger charge is 2.28. The number of nitrogens with one attached hydrogen (secondary N) is 2. The average Bonchev–Trinajstić information content (AvgIpc) is 2.62. The molecule has 1 aromatic rings. The highest BCUT2D eigenvalue weighted by Crippen LogP contribution is 2.26. The van der Waals surface area contributed by atoms with E-state index in [2.05, 4.69) is 15.6 Å². The van der Waals surface area contributed by atoms with Crippen molar-refractivity contribution in [2.24, 2.45) is 0 Å². The number of halogens is 1. The van der Waals surface area contributed by atoms with Gasteiger partial charge in [-0.25, -0.2) is 9.78 Å². The number of rotatable bonds is 3. The summed E-state index contributed by atoms with van der Waals surface area (Å²) in [6, 6.07) is 2.89. The van der Waals surface area contributed by atoms with E-state index in [4.69, 9.17) is 11.6 Å². The Balaban J connectivity index is 1.82. The van der Waals surface area contributed by atoms with E-state index in [0.717, 1.165) is 38.5 Å². The van der Waals surface area contributed by atoms with Crippen LogP contribution in [0.25, 0.3) is 0 Å². The fourth-order valence-corrected chi connectivity index (χ4v) is 2.64. The van der Waals surface area contributed by atoms with Gasteiger partial charge >= 0.3 is 6.03 Å². The lowest BCUT2D eigenvalue weighted by Gasteiger charge is -2.26. The molecule has 1 aliphatic carbocycles. The van der Waals surface area contributed by atoms with E-state index < -0.39 is 5.60 Å². The zero-order valence-electron chi connectivity index (χ0n) is 11.4. The number of hydrogen-bond donors (Lipinski definition) is 3. The van der Waals surface area contributed by atoms with Crippen LogP contribution in [0.5, 0.6) is 0 Å². The molecular formula is C14H20ClN3O2. The number of nitrogens with zero attached hydrogens (tertiary/aromatic N) is 1. The van der Waals surface area contributed by atoms with Crippen LogP contribution in [0, 0.1) is 0 Å². The predicted octanol–water partition coefficient (Wildman–Crippen LogP) is 2.94. The minimum Gasteiger partial charge on any atom is -0.388 e. The second kappa shape index (κ2) is 6.90. The number of amides is 2. The van der Waals surface area contributed by atoms with Gasteiger partial charge in [-0.15, -0.1) is 0 Å². The van der Waals surface area contributed by atoms with Crippen LogP contribution in [0.1, 0.15) is 38.5 Å². The number of carbonyl (C=O) groups is 1. The monoisotopic (exact) mass is 297 g/mol. The van der Waals surface area contributed by atoms with Gasteiger partial charge in [-0.1, -0.05) is 37.3 Å². The predicted molar refractivity (Wildman–Crippen MR) is 78.9 cm³/mol. The van der Waals surface area contributed by atoms with E-state index in [9.17, 15) is 9.90 Å². The van der Waals surface area contributed by atoms with Gasteiger partial charge in [-0.3, -0.25) is 0 Å². The summed E-state index contributed by atoms with van der Waals surface area (Å²) in [6.07, 6.45) is 7.35. The number of carbonyl (C=O) groups excluding carboxylic acids is 1. The van der Waals surface area contributed by atoms with Gasteiger partial charge in [-0.05, 0) is 25.0 Å². The summed E-state index contributed by atoms with van der Waals surface area (Å²) in [5.41, 5.74) is -0.195. The quantitative estimate of drug-likeness (QED) is 0.593. The van der Waals surface area contributed by atoms with E-state index in [1.54, 1.807) is 12.1 Å². The lowest BCUT2D eigenvalue weighted by Crippen LogP contribution is -2.44. The molecule has 6 heteroatoms. The standard InChI is InChI=1S/C14H20ClN3O2/c15-12-9-11(5-8-16-12)18-13(19)17-10-14(20)6-3-1-2-4-7-14/h5,8-9,20H,1-4,6-7,10H2,(H2,16,17,18,19). The number of aromatic nitrogens is 1. The lowest BCUT2D eigenvalue weighted by molar-refractivity contribution is 0.0281. The van der Waals surface area contributed by atoms with Crippen molar-refractivity contribution in [1.29, 1.82) is 0 Å². The maximum Gasteiger partial charge on any atom is 0.319 e. The van der Waals surface area contributed by atoms with Crippen molar-refractivity contribution < 1.29 is 9.90 Å². The van der Waals surface area contributed by atoms with E-state index in [0.29, 0.717) is 10.8 Å². The van der Waals surface area contributed by atoms with Crippen LogP contribution in [0.15, 0.2) is 18.3 Å². The topological polar surface area (TPSA) is 74.2 Å². The molecule has 1 saturated carbocycles. The summed E-state index contributed by atoms with van der Waals surface area (Å²) >= 11 is 5.74. The van der Waals surface area contributed by atoms with Crippen LogP contribution in [-0.4, -0.2) is 28.3 Å². The van der Waals surface area contributed by atoms with E-state index in [1.165, 1.54) is 6.20 Å². The molecule has 20 heavy (non-hydrogen) atoms. The van der Waals surface area contributed by atoms with E-state index in [-0.39, 0.29) is 12.6 Å². The summed E-state index contributed by atoms with van der Waals surface area (Å²) < 4.78 is 0. The number of hydrogen-bond acceptors (Lipinski definition) is 3. The van der Waals surface area contributed by atoms with Crippen LogP contribution in [0.2, 0.25) is 5.15 Å². The first-order valence-electron chi connectivity index (χ1n) is 6.96. The number of urea groups is 1. The van der Waals surface area contributed by atoms with Crippen molar-refractivity contribution in [2.45, 2.75) is 44.1 Å². The van der Waals surface area contributed by atoms with Crippen molar-refractivity contribution in [3.63, 3.8) is 0 Å². The second-order valence-electron chi connectivity index (χ2n) is 5.31. The summed E-state index contributed by atoms with van der Waals surface area (Å²) in [4.78, 5) is 15.6. The smallest absolute Gasteiger partial charge is 0.319 e. The molecule has 0 unspecified atom stereocenters. The van der Waals surface area contributed by atoms with Crippen LogP contribution in [-0.2, 0) is 0 Å². The fourth-order valence-electron chi connectivity index (χ4n) is 2.46. The first-order valence-corrected chi connectivity index (χ1v) is 7.34. The Morgan fingerprint density at radius 1 is 1.35 bits per heavy atom. The Morgan fingerprint density at radius 2 is 2.05 bits per heavy atom. The highest BCUT2D eigenvalue weighted by atomic mass is 35.5. The van der Waals surface area contributed by atoms with Crippen LogP contribution >= 0.6 is 11.6 Å². The lowest BCUT2D eigenvalue weighted by atomic mass is 9.95. The molecular weight excluding hydrogens is 278 g/mol. The van der Waals surface area contributed by atoms with Gasteiger partial charge in [0.1, 0.15) is 5.15 Å². The molecule has 0 aliphatic heterocycles. The van der Waals surface area contributed by atoms with E-state index in [1.807, 2.05) is 0 Å². The van der Waals surface area contributed by atoms with Gasteiger partial charge in [0, 0.05) is 18.4 Å². The fraction of sp³-hybridized carbons (Fsp3) is 0.571. The Kier molecular flexibility index (Phi) is 5.20. The molecule has 0 bridgehead atoms.